The molecule has 0 spiro atoms. The third kappa shape index (κ3) is 2.15. The number of likely N-dealkylation sites (N-methyl/N-ethyl adjacent to an activating group) is 1. The summed E-state index contributed by atoms with van der Waals surface area (Å²) >= 11 is 4.85. The molecule has 1 heterocycles. The van der Waals surface area contributed by atoms with Crippen LogP contribution in [0, 0.1) is 0 Å². The summed E-state index contributed by atoms with van der Waals surface area (Å²) in [5.41, 5.74) is 0. The standard InChI is InChI=1S/C7H11N3O2S/c1-9(2)6(12)4-10-5(11)3-8-7(10)13/h3-4H2,1-2H3,(H,8,13). The highest BCUT2D eigenvalue weighted by molar-refractivity contribution is 7.80. The first-order valence-electron chi connectivity index (χ1n) is 3.80. The van der Waals surface area contributed by atoms with Crippen LogP contribution in [0.15, 0.2) is 0 Å². The van der Waals surface area contributed by atoms with E-state index in [1.165, 1.54) is 9.80 Å². The smallest absolute Gasteiger partial charge is 0.248 e. The van der Waals surface area contributed by atoms with Gasteiger partial charge in [-0.25, -0.2) is 0 Å². The minimum absolute atomic E-state index is 0.0255. The molecule has 13 heavy (non-hydrogen) atoms. The number of hydrogen-bond donors (Lipinski definition) is 1. The molecule has 1 aliphatic heterocycles. The number of carbonyl (C=O) groups is 2. The van der Waals surface area contributed by atoms with Crippen molar-refractivity contribution in [3.8, 4) is 0 Å². The van der Waals surface area contributed by atoms with Crippen molar-refractivity contribution in [2.24, 2.45) is 0 Å². The molecule has 1 saturated heterocycles. The Hall–Kier alpha value is -1.17. The lowest BCUT2D eigenvalue weighted by Crippen LogP contribution is -2.40. The molecule has 1 N–H and O–H groups in total. The van der Waals surface area contributed by atoms with Crippen molar-refractivity contribution in [2.75, 3.05) is 27.2 Å². The Kier molecular flexibility index (Phi) is 2.82. The lowest BCUT2D eigenvalue weighted by Gasteiger charge is -2.16. The van der Waals surface area contributed by atoms with Crippen LogP contribution in [-0.2, 0) is 9.59 Å². The van der Waals surface area contributed by atoms with Crippen LogP contribution < -0.4 is 5.32 Å². The molecule has 1 aliphatic rings. The lowest BCUT2D eigenvalue weighted by atomic mass is 10.5. The summed E-state index contributed by atoms with van der Waals surface area (Å²) in [6.45, 7) is 0.219. The van der Waals surface area contributed by atoms with Crippen molar-refractivity contribution in [3.05, 3.63) is 0 Å². The minimum Gasteiger partial charge on any atom is -0.353 e. The van der Waals surface area contributed by atoms with Crippen molar-refractivity contribution in [1.29, 1.82) is 0 Å². The third-order valence-electron chi connectivity index (χ3n) is 1.73. The average Bonchev–Trinajstić information content (AvgIpc) is 2.35. The normalized spacial score (nSPS) is 16.0. The summed E-state index contributed by atoms with van der Waals surface area (Å²) < 4.78 is 0. The van der Waals surface area contributed by atoms with Gasteiger partial charge in [-0.2, -0.15) is 0 Å². The Balaban J connectivity index is 2.58. The Morgan fingerprint density at radius 1 is 1.69 bits per heavy atom. The van der Waals surface area contributed by atoms with Crippen LogP contribution in [-0.4, -0.2) is 53.9 Å². The maximum atomic E-state index is 11.2. The molecule has 0 aromatic carbocycles. The number of amides is 2. The number of carbonyl (C=O) groups excluding carboxylic acids is 2. The molecule has 72 valence electrons. The van der Waals surface area contributed by atoms with Gasteiger partial charge in [0.25, 0.3) is 0 Å². The minimum atomic E-state index is -0.153. The zero-order chi connectivity index (χ0) is 10.0. The molecule has 6 heteroatoms. The topological polar surface area (TPSA) is 52.7 Å². The molecule has 0 radical (unpaired) electrons. The van der Waals surface area contributed by atoms with E-state index in [4.69, 9.17) is 12.2 Å². The van der Waals surface area contributed by atoms with Gasteiger partial charge in [0.15, 0.2) is 5.11 Å². The Morgan fingerprint density at radius 3 is 2.69 bits per heavy atom. The number of rotatable bonds is 2. The molecule has 2 amide bonds. The summed E-state index contributed by atoms with van der Waals surface area (Å²) in [4.78, 5) is 25.1. The van der Waals surface area contributed by atoms with Crippen molar-refractivity contribution >= 4 is 29.1 Å². The molecule has 0 bridgehead atoms. The van der Waals surface area contributed by atoms with E-state index in [-0.39, 0.29) is 24.9 Å². The molecule has 0 atom stereocenters. The predicted octanol–water partition coefficient (Wildman–Crippen LogP) is -1.21. The highest BCUT2D eigenvalue weighted by Gasteiger charge is 2.27. The van der Waals surface area contributed by atoms with Gasteiger partial charge in [-0.05, 0) is 12.2 Å². The van der Waals surface area contributed by atoms with Crippen LogP contribution in [0.25, 0.3) is 0 Å². The zero-order valence-corrected chi connectivity index (χ0v) is 8.35. The second-order valence-corrected chi connectivity index (χ2v) is 3.31. The van der Waals surface area contributed by atoms with E-state index in [1.807, 2.05) is 0 Å². The summed E-state index contributed by atoms with van der Waals surface area (Å²) in [6, 6.07) is 0. The molecule has 0 aromatic rings. The second-order valence-electron chi connectivity index (χ2n) is 2.93. The highest BCUT2D eigenvalue weighted by atomic mass is 32.1. The number of hydrogen-bond acceptors (Lipinski definition) is 3. The molecule has 0 aromatic heterocycles. The second kappa shape index (κ2) is 3.69. The number of nitrogens with zero attached hydrogens (tertiary/aromatic N) is 2. The summed E-state index contributed by atoms with van der Waals surface area (Å²) in [5, 5.41) is 3.03. The van der Waals surface area contributed by atoms with E-state index >= 15 is 0 Å². The number of nitrogens with one attached hydrogen (secondary N) is 1. The van der Waals surface area contributed by atoms with Gasteiger partial charge in [0.2, 0.25) is 11.8 Å². The Labute approximate surface area is 81.7 Å². The maximum Gasteiger partial charge on any atom is 0.248 e. The van der Waals surface area contributed by atoms with E-state index in [9.17, 15) is 9.59 Å². The zero-order valence-electron chi connectivity index (χ0n) is 7.53. The summed E-state index contributed by atoms with van der Waals surface area (Å²) in [6.07, 6.45) is 0. The van der Waals surface area contributed by atoms with Crippen molar-refractivity contribution in [2.45, 2.75) is 0 Å². The van der Waals surface area contributed by atoms with E-state index in [2.05, 4.69) is 5.32 Å². The first-order chi connectivity index (χ1) is 6.02. The van der Waals surface area contributed by atoms with E-state index in [1.54, 1.807) is 14.1 Å². The Bertz CT molecular complexity index is 248. The molecule has 1 fully saturated rings. The average molecular weight is 201 g/mol. The van der Waals surface area contributed by atoms with Crippen molar-refractivity contribution in [1.82, 2.24) is 15.1 Å². The summed E-state index contributed by atoms with van der Waals surface area (Å²) in [5.74, 6) is -0.292. The predicted molar refractivity (Wildman–Crippen MR) is 51.0 cm³/mol. The van der Waals surface area contributed by atoms with Crippen molar-refractivity contribution < 1.29 is 9.59 Å². The van der Waals surface area contributed by atoms with Gasteiger partial charge in [0.05, 0.1) is 6.54 Å². The van der Waals surface area contributed by atoms with Crippen LogP contribution in [0.1, 0.15) is 0 Å². The molecule has 5 nitrogen and oxygen atoms in total. The molecule has 0 saturated carbocycles. The van der Waals surface area contributed by atoms with Crippen LogP contribution in [0.3, 0.4) is 0 Å². The SMILES string of the molecule is CN(C)C(=O)CN1C(=O)CNC1=S. The first-order valence-corrected chi connectivity index (χ1v) is 4.21. The maximum absolute atomic E-state index is 11.2. The molecular weight excluding hydrogens is 190 g/mol. The van der Waals surface area contributed by atoms with Crippen LogP contribution >= 0.6 is 12.2 Å². The largest absolute Gasteiger partial charge is 0.353 e. The van der Waals surface area contributed by atoms with Crippen LogP contribution in [0.4, 0.5) is 0 Å². The fourth-order valence-electron chi connectivity index (χ4n) is 0.892. The van der Waals surface area contributed by atoms with E-state index in [0.717, 1.165) is 0 Å². The highest BCUT2D eigenvalue weighted by Crippen LogP contribution is 1.99. The molecule has 0 unspecified atom stereocenters. The van der Waals surface area contributed by atoms with Gasteiger partial charge in [-0.15, -0.1) is 0 Å². The van der Waals surface area contributed by atoms with Gasteiger partial charge >= 0.3 is 0 Å². The quantitative estimate of drug-likeness (QED) is 0.570. The first kappa shape index (κ1) is 9.91. The number of thiocarbonyl (C=S) groups is 1. The monoisotopic (exact) mass is 201 g/mol. The van der Waals surface area contributed by atoms with Crippen LogP contribution in [0.5, 0.6) is 0 Å². The van der Waals surface area contributed by atoms with Crippen molar-refractivity contribution in [3.63, 3.8) is 0 Å². The van der Waals surface area contributed by atoms with Gasteiger partial charge in [-0.3, -0.25) is 14.5 Å². The van der Waals surface area contributed by atoms with Gasteiger partial charge in [-0.1, -0.05) is 0 Å². The molecule has 1 rings (SSSR count). The van der Waals surface area contributed by atoms with E-state index in [0.29, 0.717) is 5.11 Å². The molecule has 0 aliphatic carbocycles. The fourth-order valence-corrected chi connectivity index (χ4v) is 1.13. The summed E-state index contributed by atoms with van der Waals surface area (Å²) in [7, 11) is 3.28. The van der Waals surface area contributed by atoms with Gasteiger partial charge in [0.1, 0.15) is 6.54 Å². The molecular formula is C7H11N3O2S. The van der Waals surface area contributed by atoms with Crippen LogP contribution in [0.2, 0.25) is 0 Å². The third-order valence-corrected chi connectivity index (χ3v) is 2.09. The van der Waals surface area contributed by atoms with Gasteiger partial charge in [0, 0.05) is 14.1 Å². The fraction of sp³-hybridized carbons (Fsp3) is 0.571. The lowest BCUT2D eigenvalue weighted by molar-refractivity contribution is -0.134. The van der Waals surface area contributed by atoms with Gasteiger partial charge < -0.3 is 10.2 Å². The Morgan fingerprint density at radius 2 is 2.31 bits per heavy atom. The van der Waals surface area contributed by atoms with E-state index < -0.39 is 0 Å².